The Kier molecular flexibility index (Phi) is 4.99. The number of benzene rings is 1. The van der Waals surface area contributed by atoms with Gasteiger partial charge in [0.2, 0.25) is 0 Å². The van der Waals surface area contributed by atoms with Crippen LogP contribution in [0.1, 0.15) is 34.7 Å². The Morgan fingerprint density at radius 1 is 1.00 bits per heavy atom. The second kappa shape index (κ2) is 7.76. The molecule has 0 radical (unpaired) electrons. The third-order valence-electron chi connectivity index (χ3n) is 5.51. The first kappa shape index (κ1) is 18.0. The van der Waals surface area contributed by atoms with E-state index in [1.165, 1.54) is 28.7 Å². The molecular weight excluding hydrogens is 386 g/mol. The molecule has 144 valence electrons. The Morgan fingerprint density at radius 2 is 1.79 bits per heavy atom. The summed E-state index contributed by atoms with van der Waals surface area (Å²) in [5.74, 6) is 3.27. The number of hydrogen-bond donors (Lipinski definition) is 0. The minimum atomic E-state index is -0.691. The van der Waals surface area contributed by atoms with Gasteiger partial charge >= 0.3 is 0 Å². The summed E-state index contributed by atoms with van der Waals surface area (Å²) < 4.78 is 11.9. The molecule has 3 heterocycles. The van der Waals surface area contributed by atoms with Crippen molar-refractivity contribution in [2.45, 2.75) is 25.7 Å². The molecule has 1 aromatic carbocycles. The maximum atomic E-state index is 11.9. The fraction of sp³-hybridized carbons (Fsp3) is 0.364. The van der Waals surface area contributed by atoms with Gasteiger partial charge in [-0.1, -0.05) is 36.4 Å². The zero-order valence-corrected chi connectivity index (χ0v) is 17.4. The molecule has 2 aliphatic rings. The van der Waals surface area contributed by atoms with E-state index in [0.717, 1.165) is 59.5 Å². The molecule has 0 saturated carbocycles. The van der Waals surface area contributed by atoms with Crippen LogP contribution in [0, 0.1) is 0 Å². The molecule has 28 heavy (non-hydrogen) atoms. The summed E-state index contributed by atoms with van der Waals surface area (Å²) in [4.78, 5) is 14.8. The van der Waals surface area contributed by atoms with E-state index in [1.807, 2.05) is 35.6 Å². The summed E-state index contributed by atoms with van der Waals surface area (Å²) in [6, 6.07) is 10.3. The zero-order chi connectivity index (χ0) is 18.9. The van der Waals surface area contributed by atoms with Gasteiger partial charge in [-0.2, -0.15) is 0 Å². The van der Waals surface area contributed by atoms with Gasteiger partial charge in [0.05, 0.1) is 5.39 Å². The lowest BCUT2D eigenvalue weighted by molar-refractivity contribution is 0.672. The maximum absolute atomic E-state index is 11.9. The van der Waals surface area contributed by atoms with Crippen molar-refractivity contribution in [3.8, 4) is 0 Å². The number of aromatic nitrogens is 2. The monoisotopic (exact) mass is 409 g/mol. The second-order valence-electron chi connectivity index (χ2n) is 7.38. The van der Waals surface area contributed by atoms with Crippen LogP contribution in [-0.4, -0.2) is 38.8 Å². The average Bonchev–Trinajstić information content (AvgIpc) is 3.11. The van der Waals surface area contributed by atoms with Gasteiger partial charge in [-0.05, 0) is 42.9 Å². The van der Waals surface area contributed by atoms with Gasteiger partial charge in [0, 0.05) is 40.3 Å². The molecule has 0 atom stereocenters. The molecule has 0 N–H and O–H groups in total. The molecule has 5 rings (SSSR count). The van der Waals surface area contributed by atoms with Crippen LogP contribution in [0.4, 0.5) is 5.82 Å². The van der Waals surface area contributed by atoms with E-state index in [0.29, 0.717) is 0 Å². The van der Waals surface area contributed by atoms with E-state index in [2.05, 4.69) is 23.1 Å². The van der Waals surface area contributed by atoms with Crippen LogP contribution in [0.25, 0.3) is 22.4 Å². The Balaban J connectivity index is 1.60. The summed E-state index contributed by atoms with van der Waals surface area (Å²) in [6.07, 6.45) is 8.90. The summed E-state index contributed by atoms with van der Waals surface area (Å²) in [5.41, 5.74) is 2.61. The largest absolute Gasteiger partial charge is 0.354 e. The highest BCUT2D eigenvalue weighted by Crippen LogP contribution is 2.40. The van der Waals surface area contributed by atoms with Crippen molar-refractivity contribution in [3.05, 3.63) is 52.2 Å². The molecule has 4 nitrogen and oxygen atoms in total. The highest BCUT2D eigenvalue weighted by molar-refractivity contribution is 7.85. The average molecular weight is 410 g/mol. The lowest BCUT2D eigenvalue weighted by Crippen LogP contribution is -2.38. The van der Waals surface area contributed by atoms with E-state index in [9.17, 15) is 4.21 Å². The summed E-state index contributed by atoms with van der Waals surface area (Å²) >= 11 is 1.84. The van der Waals surface area contributed by atoms with Crippen molar-refractivity contribution in [2.75, 3.05) is 29.5 Å². The normalized spacial score (nSPS) is 18.1. The van der Waals surface area contributed by atoms with Gasteiger partial charge in [-0.3, -0.25) is 4.21 Å². The topological polar surface area (TPSA) is 46.1 Å². The van der Waals surface area contributed by atoms with E-state index >= 15 is 0 Å². The lowest BCUT2D eigenvalue weighted by Gasteiger charge is -2.28. The Bertz CT molecular complexity index is 1050. The van der Waals surface area contributed by atoms with Crippen LogP contribution >= 0.6 is 11.3 Å². The SMILES string of the molecule is O=S1CCN(c2nc(/C=C/c3ccccc3)nc3sc4c(c23)CCCC4)CC1. The predicted octanol–water partition coefficient (Wildman–Crippen LogP) is 4.31. The number of anilines is 1. The lowest BCUT2D eigenvalue weighted by atomic mass is 9.97. The number of fused-ring (bicyclic) bond motifs is 3. The summed E-state index contributed by atoms with van der Waals surface area (Å²) in [6.45, 7) is 1.62. The number of aryl methyl sites for hydroxylation is 2. The molecule has 1 aliphatic carbocycles. The first-order valence-electron chi connectivity index (χ1n) is 9.93. The van der Waals surface area contributed by atoms with Crippen molar-refractivity contribution in [2.24, 2.45) is 0 Å². The molecule has 0 spiro atoms. The number of nitrogens with zero attached hydrogens (tertiary/aromatic N) is 3. The Labute approximate surface area is 171 Å². The van der Waals surface area contributed by atoms with Crippen LogP contribution < -0.4 is 4.90 Å². The minimum Gasteiger partial charge on any atom is -0.354 e. The molecule has 1 saturated heterocycles. The first-order chi connectivity index (χ1) is 13.8. The zero-order valence-electron chi connectivity index (χ0n) is 15.8. The van der Waals surface area contributed by atoms with Crippen molar-refractivity contribution >= 4 is 50.3 Å². The summed E-state index contributed by atoms with van der Waals surface area (Å²) in [5, 5.41) is 1.25. The van der Waals surface area contributed by atoms with Crippen LogP contribution in [0.5, 0.6) is 0 Å². The third-order valence-corrected chi connectivity index (χ3v) is 7.98. The van der Waals surface area contributed by atoms with Gasteiger partial charge in [0.15, 0.2) is 5.82 Å². The van der Waals surface area contributed by atoms with Crippen LogP contribution in [0.2, 0.25) is 0 Å². The number of hydrogen-bond acceptors (Lipinski definition) is 5. The Hall–Kier alpha value is -2.05. The van der Waals surface area contributed by atoms with E-state index in [-0.39, 0.29) is 0 Å². The van der Waals surface area contributed by atoms with Crippen LogP contribution in [0.15, 0.2) is 30.3 Å². The highest BCUT2D eigenvalue weighted by Gasteiger charge is 2.25. The molecule has 0 amide bonds. The fourth-order valence-corrected chi connectivity index (χ4v) is 6.36. The fourth-order valence-electron chi connectivity index (χ4n) is 4.04. The van der Waals surface area contributed by atoms with Gasteiger partial charge < -0.3 is 4.90 Å². The molecule has 3 aromatic rings. The second-order valence-corrected chi connectivity index (χ2v) is 10.2. The Morgan fingerprint density at radius 3 is 2.61 bits per heavy atom. The first-order valence-corrected chi connectivity index (χ1v) is 12.2. The van der Waals surface area contributed by atoms with Crippen molar-refractivity contribution in [1.29, 1.82) is 0 Å². The van der Waals surface area contributed by atoms with Crippen LogP contribution in [-0.2, 0) is 23.6 Å². The quantitative estimate of drug-likeness (QED) is 0.647. The van der Waals surface area contributed by atoms with Gasteiger partial charge in [0.1, 0.15) is 10.6 Å². The number of rotatable bonds is 3. The minimum absolute atomic E-state index is 0.691. The smallest absolute Gasteiger partial charge is 0.155 e. The van der Waals surface area contributed by atoms with Gasteiger partial charge in [-0.15, -0.1) is 11.3 Å². The van der Waals surface area contributed by atoms with E-state index < -0.39 is 10.8 Å². The van der Waals surface area contributed by atoms with Crippen molar-refractivity contribution < 1.29 is 4.21 Å². The highest BCUT2D eigenvalue weighted by atomic mass is 32.2. The maximum Gasteiger partial charge on any atom is 0.155 e. The standard InChI is InChI=1S/C22H23N3OS2/c26-28-14-12-25(13-15-28)21-20-17-8-4-5-9-18(17)27-22(20)24-19(23-21)11-10-16-6-2-1-3-7-16/h1-3,6-7,10-11H,4-5,8-9,12-15H2/b11-10+. The summed E-state index contributed by atoms with van der Waals surface area (Å²) in [7, 11) is -0.691. The molecule has 1 fully saturated rings. The van der Waals surface area contributed by atoms with Crippen LogP contribution in [0.3, 0.4) is 0 Å². The molecule has 1 aliphatic heterocycles. The molecule has 2 aromatic heterocycles. The molecule has 0 unspecified atom stereocenters. The van der Waals surface area contributed by atoms with Crippen molar-refractivity contribution in [1.82, 2.24) is 9.97 Å². The van der Waals surface area contributed by atoms with Crippen molar-refractivity contribution in [3.63, 3.8) is 0 Å². The number of thiophene rings is 1. The third kappa shape index (κ3) is 3.51. The van der Waals surface area contributed by atoms with E-state index in [1.54, 1.807) is 0 Å². The van der Waals surface area contributed by atoms with Gasteiger partial charge in [0.25, 0.3) is 0 Å². The van der Waals surface area contributed by atoms with Gasteiger partial charge in [-0.25, -0.2) is 9.97 Å². The molecule has 6 heteroatoms. The van der Waals surface area contributed by atoms with E-state index in [4.69, 9.17) is 9.97 Å². The molecular formula is C22H23N3OS2. The predicted molar refractivity (Wildman–Crippen MR) is 120 cm³/mol. The molecule has 0 bridgehead atoms.